The van der Waals surface area contributed by atoms with Gasteiger partial charge in [-0.05, 0) is 48.9 Å². The molecule has 78 valence electrons. The van der Waals surface area contributed by atoms with E-state index in [1.165, 1.54) is 16.2 Å². The zero-order valence-electron chi connectivity index (χ0n) is 8.35. The van der Waals surface area contributed by atoms with E-state index < -0.39 is 0 Å². The Balaban J connectivity index is 1.75. The van der Waals surface area contributed by atoms with Crippen LogP contribution >= 0.6 is 23.9 Å². The summed E-state index contributed by atoms with van der Waals surface area (Å²) in [6.07, 6.45) is 9.00. The van der Waals surface area contributed by atoms with Gasteiger partial charge in [0.15, 0.2) is 0 Å². The Kier molecular flexibility index (Phi) is 4.39. The molecule has 0 saturated carbocycles. The summed E-state index contributed by atoms with van der Waals surface area (Å²) in [6.45, 7) is 0. The van der Waals surface area contributed by atoms with Crippen LogP contribution in [0.25, 0.3) is 0 Å². The standard InChI is InChI=1S/C12H13NS2/c1-3-7-11(8-4-1)14-13-15-12-9-5-2-6-10-12/h1,3-5,7-10,13H,2,6H2. The summed E-state index contributed by atoms with van der Waals surface area (Å²) >= 11 is 3.33. The van der Waals surface area contributed by atoms with Crippen LogP contribution in [-0.4, -0.2) is 0 Å². The monoisotopic (exact) mass is 235 g/mol. The van der Waals surface area contributed by atoms with Crippen molar-refractivity contribution in [3.05, 3.63) is 53.5 Å². The second-order valence-corrected chi connectivity index (χ2v) is 5.20. The van der Waals surface area contributed by atoms with Gasteiger partial charge in [-0.3, -0.25) is 0 Å². The highest BCUT2D eigenvalue weighted by molar-refractivity contribution is 8.14. The fraction of sp³-hybridized carbons (Fsp3) is 0.167. The normalized spacial score (nSPS) is 15.1. The SMILES string of the molecule is C1=CC(SNSc2ccccc2)=CCC1. The molecule has 0 unspecified atom stereocenters. The number of allylic oxidation sites excluding steroid dienone is 3. The second kappa shape index (κ2) is 6.05. The zero-order chi connectivity index (χ0) is 10.3. The van der Waals surface area contributed by atoms with E-state index >= 15 is 0 Å². The summed E-state index contributed by atoms with van der Waals surface area (Å²) in [4.78, 5) is 2.55. The van der Waals surface area contributed by atoms with Crippen molar-refractivity contribution in [2.24, 2.45) is 0 Å². The van der Waals surface area contributed by atoms with Gasteiger partial charge < -0.3 is 0 Å². The molecule has 3 heteroatoms. The third kappa shape index (κ3) is 3.78. The zero-order valence-corrected chi connectivity index (χ0v) is 9.98. The molecule has 0 amide bonds. The summed E-state index contributed by atoms with van der Waals surface area (Å²) in [6, 6.07) is 10.3. The minimum atomic E-state index is 1.16. The van der Waals surface area contributed by atoms with Crippen LogP contribution in [-0.2, 0) is 0 Å². The van der Waals surface area contributed by atoms with E-state index in [4.69, 9.17) is 0 Å². The van der Waals surface area contributed by atoms with Crippen LogP contribution in [0.1, 0.15) is 12.8 Å². The lowest BCUT2D eigenvalue weighted by atomic mass is 10.2. The van der Waals surface area contributed by atoms with Gasteiger partial charge in [0.05, 0.1) is 0 Å². The van der Waals surface area contributed by atoms with Crippen molar-refractivity contribution in [1.29, 1.82) is 0 Å². The molecule has 15 heavy (non-hydrogen) atoms. The van der Waals surface area contributed by atoms with Gasteiger partial charge in [0.25, 0.3) is 0 Å². The van der Waals surface area contributed by atoms with Gasteiger partial charge in [0, 0.05) is 9.80 Å². The summed E-state index contributed by atoms with van der Waals surface area (Å²) in [7, 11) is 0. The molecule has 0 atom stereocenters. The Bertz CT molecular complexity index is 357. The van der Waals surface area contributed by atoms with E-state index in [0.29, 0.717) is 0 Å². The van der Waals surface area contributed by atoms with Crippen LogP contribution in [0.4, 0.5) is 0 Å². The lowest BCUT2D eigenvalue weighted by Crippen LogP contribution is -1.91. The maximum absolute atomic E-state index is 3.29. The molecule has 1 N–H and O–H groups in total. The minimum Gasteiger partial charge on any atom is -0.199 e. The van der Waals surface area contributed by atoms with Crippen molar-refractivity contribution in [2.75, 3.05) is 0 Å². The molecule has 0 saturated heterocycles. The topological polar surface area (TPSA) is 12.0 Å². The second-order valence-electron chi connectivity index (χ2n) is 3.19. The van der Waals surface area contributed by atoms with Crippen molar-refractivity contribution in [3.8, 4) is 0 Å². The van der Waals surface area contributed by atoms with Crippen LogP contribution in [0, 0.1) is 0 Å². The van der Waals surface area contributed by atoms with Gasteiger partial charge in [0.2, 0.25) is 0 Å². The predicted octanol–water partition coefficient (Wildman–Crippen LogP) is 4.17. The van der Waals surface area contributed by atoms with E-state index in [9.17, 15) is 0 Å². The van der Waals surface area contributed by atoms with E-state index in [-0.39, 0.29) is 0 Å². The lowest BCUT2D eigenvalue weighted by molar-refractivity contribution is 1.03. The third-order valence-corrected chi connectivity index (χ3v) is 3.74. The van der Waals surface area contributed by atoms with Crippen LogP contribution in [0.15, 0.2) is 58.4 Å². The van der Waals surface area contributed by atoms with Gasteiger partial charge in [-0.15, -0.1) is 0 Å². The van der Waals surface area contributed by atoms with Crippen molar-refractivity contribution in [1.82, 2.24) is 4.13 Å². The van der Waals surface area contributed by atoms with Crippen molar-refractivity contribution in [3.63, 3.8) is 0 Å². The van der Waals surface area contributed by atoms with Gasteiger partial charge in [-0.2, -0.15) is 4.13 Å². The largest absolute Gasteiger partial charge is 0.199 e. The van der Waals surface area contributed by atoms with Crippen LogP contribution in [0.5, 0.6) is 0 Å². The van der Waals surface area contributed by atoms with Crippen LogP contribution in [0.2, 0.25) is 0 Å². The van der Waals surface area contributed by atoms with E-state index in [2.05, 4.69) is 46.6 Å². The van der Waals surface area contributed by atoms with Gasteiger partial charge in [0.1, 0.15) is 0 Å². The molecule has 1 aliphatic rings. The highest BCUT2D eigenvalue weighted by Gasteiger charge is 1.98. The maximum Gasteiger partial charge on any atom is 0.0236 e. The van der Waals surface area contributed by atoms with Crippen molar-refractivity contribution >= 4 is 23.9 Å². The summed E-state index contributed by atoms with van der Waals surface area (Å²) in [5.74, 6) is 0. The molecule has 0 heterocycles. The number of nitrogens with one attached hydrogen (secondary N) is 1. The fourth-order valence-corrected chi connectivity index (χ4v) is 2.87. The molecule has 0 spiro atoms. The number of benzene rings is 1. The first-order valence-corrected chi connectivity index (χ1v) is 6.59. The fourth-order valence-electron chi connectivity index (χ4n) is 1.27. The molecule has 0 aliphatic heterocycles. The van der Waals surface area contributed by atoms with Gasteiger partial charge in [-0.25, -0.2) is 0 Å². The predicted molar refractivity (Wildman–Crippen MR) is 69.5 cm³/mol. The molecular formula is C12H13NS2. The molecule has 0 aromatic heterocycles. The first-order valence-electron chi connectivity index (χ1n) is 4.95. The lowest BCUT2D eigenvalue weighted by Gasteiger charge is -2.06. The van der Waals surface area contributed by atoms with Crippen LogP contribution in [0.3, 0.4) is 0 Å². The Hall–Kier alpha value is -0.640. The first kappa shape index (κ1) is 10.9. The van der Waals surface area contributed by atoms with E-state index in [1.807, 2.05) is 6.07 Å². The number of rotatable bonds is 4. The molecule has 0 fully saturated rings. The highest BCUT2D eigenvalue weighted by atomic mass is 32.2. The Morgan fingerprint density at radius 1 is 1.00 bits per heavy atom. The van der Waals surface area contributed by atoms with Gasteiger partial charge >= 0.3 is 0 Å². The minimum absolute atomic E-state index is 1.16. The molecule has 0 bridgehead atoms. The highest BCUT2D eigenvalue weighted by Crippen LogP contribution is 2.24. The Labute approximate surface area is 99.3 Å². The molecule has 0 radical (unpaired) electrons. The first-order chi connectivity index (χ1) is 7.45. The Morgan fingerprint density at radius 3 is 2.60 bits per heavy atom. The molecule has 1 nitrogen and oxygen atoms in total. The van der Waals surface area contributed by atoms with E-state index in [0.717, 1.165) is 6.42 Å². The van der Waals surface area contributed by atoms with Crippen LogP contribution < -0.4 is 4.13 Å². The molecule has 1 aromatic carbocycles. The molecule has 1 aromatic rings. The Morgan fingerprint density at radius 2 is 1.87 bits per heavy atom. The number of hydrogen-bond acceptors (Lipinski definition) is 3. The summed E-state index contributed by atoms with van der Waals surface area (Å²) in [5.41, 5.74) is 0. The maximum atomic E-state index is 3.29. The molecule has 1 aliphatic carbocycles. The summed E-state index contributed by atoms with van der Waals surface area (Å²) < 4.78 is 3.29. The average Bonchev–Trinajstić information content (AvgIpc) is 2.32. The smallest absolute Gasteiger partial charge is 0.0236 e. The molecular weight excluding hydrogens is 222 g/mol. The molecule has 2 rings (SSSR count). The van der Waals surface area contributed by atoms with E-state index in [1.54, 1.807) is 23.9 Å². The average molecular weight is 235 g/mol. The van der Waals surface area contributed by atoms with Gasteiger partial charge in [-0.1, -0.05) is 36.4 Å². The van der Waals surface area contributed by atoms with Crippen molar-refractivity contribution < 1.29 is 0 Å². The number of hydrogen-bond donors (Lipinski definition) is 1. The summed E-state index contributed by atoms with van der Waals surface area (Å²) in [5, 5.41) is 0. The third-order valence-electron chi connectivity index (χ3n) is 2.02. The van der Waals surface area contributed by atoms with Crippen molar-refractivity contribution in [2.45, 2.75) is 17.7 Å². The quantitative estimate of drug-likeness (QED) is 0.787.